The lowest BCUT2D eigenvalue weighted by molar-refractivity contribution is -0.139. The van der Waals surface area contributed by atoms with Crippen molar-refractivity contribution < 1.29 is 4.79 Å². The van der Waals surface area contributed by atoms with Gasteiger partial charge >= 0.3 is 0 Å². The van der Waals surface area contributed by atoms with Gasteiger partial charge in [0.05, 0.1) is 12.0 Å². The van der Waals surface area contributed by atoms with Gasteiger partial charge in [0.1, 0.15) is 0 Å². The molecule has 0 spiro atoms. The van der Waals surface area contributed by atoms with Crippen LogP contribution in [0.15, 0.2) is 28.7 Å². The van der Waals surface area contributed by atoms with E-state index in [1.807, 2.05) is 23.1 Å². The van der Waals surface area contributed by atoms with Gasteiger partial charge in [0.25, 0.3) is 0 Å². The minimum Gasteiger partial charge on any atom is -0.336 e. The molecule has 0 aliphatic carbocycles. The van der Waals surface area contributed by atoms with Crippen LogP contribution in [0.5, 0.6) is 0 Å². The Morgan fingerprint density at radius 2 is 2.10 bits per heavy atom. The fourth-order valence-corrected chi connectivity index (χ4v) is 3.03. The molecule has 0 radical (unpaired) electrons. The molecule has 0 bridgehead atoms. The van der Waals surface area contributed by atoms with E-state index in [0.29, 0.717) is 0 Å². The molecule has 112 valence electrons. The molecule has 0 saturated carbocycles. The van der Waals surface area contributed by atoms with Gasteiger partial charge in [0.2, 0.25) is 5.91 Å². The van der Waals surface area contributed by atoms with E-state index in [4.69, 9.17) is 0 Å². The zero-order valence-corrected chi connectivity index (χ0v) is 14.3. The normalized spacial score (nSPS) is 15.9. The molecule has 3 nitrogen and oxygen atoms in total. The van der Waals surface area contributed by atoms with Crippen LogP contribution in [-0.2, 0) is 4.79 Å². The molecule has 2 rings (SSSR count). The highest BCUT2D eigenvalue weighted by molar-refractivity contribution is 9.10. The minimum absolute atomic E-state index is 0. The zero-order valence-electron chi connectivity index (χ0n) is 11.9. The third kappa shape index (κ3) is 3.74. The standard InChI is InChI=1S/C15H21BrN2O.ClH/c1-3-8-18(15(19)12-9-17-10-12)11(2)13-6-4-5-7-14(13)16;/h4-7,11-12,17H,3,8-10H2,1-2H3;1H. The Bertz CT molecular complexity index is 451. The van der Waals surface area contributed by atoms with Gasteiger partial charge in [-0.05, 0) is 25.0 Å². The topological polar surface area (TPSA) is 32.3 Å². The molecule has 20 heavy (non-hydrogen) atoms. The predicted octanol–water partition coefficient (Wildman–Crippen LogP) is 3.39. The van der Waals surface area contributed by atoms with Gasteiger partial charge in [-0.15, -0.1) is 12.4 Å². The molecule has 1 aliphatic rings. The largest absolute Gasteiger partial charge is 0.336 e. The van der Waals surface area contributed by atoms with Crippen LogP contribution in [0.25, 0.3) is 0 Å². The summed E-state index contributed by atoms with van der Waals surface area (Å²) in [7, 11) is 0. The van der Waals surface area contributed by atoms with E-state index in [0.717, 1.165) is 30.5 Å². The van der Waals surface area contributed by atoms with Crippen molar-refractivity contribution in [2.75, 3.05) is 19.6 Å². The highest BCUT2D eigenvalue weighted by Crippen LogP contribution is 2.29. The number of carbonyl (C=O) groups is 1. The fourth-order valence-electron chi connectivity index (χ4n) is 2.42. The van der Waals surface area contributed by atoms with Crippen molar-refractivity contribution in [2.24, 2.45) is 5.92 Å². The van der Waals surface area contributed by atoms with Crippen LogP contribution in [0.2, 0.25) is 0 Å². The van der Waals surface area contributed by atoms with E-state index in [1.165, 1.54) is 5.56 Å². The number of nitrogens with one attached hydrogen (secondary N) is 1. The molecule has 1 aromatic carbocycles. The van der Waals surface area contributed by atoms with Gasteiger partial charge in [0, 0.05) is 24.1 Å². The third-order valence-corrected chi connectivity index (χ3v) is 4.42. The number of nitrogens with zero attached hydrogens (tertiary/aromatic N) is 1. The average Bonchev–Trinajstić information content (AvgIpc) is 2.33. The van der Waals surface area contributed by atoms with Gasteiger partial charge in [-0.1, -0.05) is 41.1 Å². The quantitative estimate of drug-likeness (QED) is 0.872. The van der Waals surface area contributed by atoms with Crippen LogP contribution >= 0.6 is 28.3 Å². The fraction of sp³-hybridized carbons (Fsp3) is 0.533. The molecule has 1 aliphatic heterocycles. The van der Waals surface area contributed by atoms with Crippen molar-refractivity contribution in [3.05, 3.63) is 34.3 Å². The molecular weight excluding hydrogens is 340 g/mol. The lowest BCUT2D eigenvalue weighted by atomic mass is 9.99. The molecule has 5 heteroatoms. The summed E-state index contributed by atoms with van der Waals surface area (Å²) in [5, 5.41) is 3.17. The van der Waals surface area contributed by atoms with Crippen molar-refractivity contribution in [3.63, 3.8) is 0 Å². The Labute approximate surface area is 135 Å². The summed E-state index contributed by atoms with van der Waals surface area (Å²) in [6.45, 7) is 6.69. The molecule has 1 N–H and O–H groups in total. The van der Waals surface area contributed by atoms with Crippen molar-refractivity contribution >= 4 is 34.2 Å². The minimum atomic E-state index is 0. The van der Waals surface area contributed by atoms with Crippen molar-refractivity contribution in [1.29, 1.82) is 0 Å². The van der Waals surface area contributed by atoms with Gasteiger partial charge in [-0.2, -0.15) is 0 Å². The van der Waals surface area contributed by atoms with Crippen LogP contribution in [0, 0.1) is 5.92 Å². The van der Waals surface area contributed by atoms with Crippen LogP contribution in [0.1, 0.15) is 31.9 Å². The first-order chi connectivity index (χ1) is 9.15. The van der Waals surface area contributed by atoms with E-state index in [2.05, 4.69) is 41.2 Å². The number of halogens is 2. The van der Waals surface area contributed by atoms with Crippen molar-refractivity contribution in [1.82, 2.24) is 10.2 Å². The Hall–Kier alpha value is -0.580. The van der Waals surface area contributed by atoms with Gasteiger partial charge in [-0.25, -0.2) is 0 Å². The first-order valence-corrected chi connectivity index (χ1v) is 7.70. The Morgan fingerprint density at radius 1 is 1.45 bits per heavy atom. The summed E-state index contributed by atoms with van der Waals surface area (Å²) in [5.74, 6) is 0.445. The summed E-state index contributed by atoms with van der Waals surface area (Å²) in [5.41, 5.74) is 1.18. The molecule has 1 amide bonds. The predicted molar refractivity (Wildman–Crippen MR) is 88.2 cm³/mol. The van der Waals surface area contributed by atoms with Crippen LogP contribution in [0.4, 0.5) is 0 Å². The first kappa shape index (κ1) is 17.5. The molecule has 1 unspecified atom stereocenters. The molecule has 0 aromatic heterocycles. The smallest absolute Gasteiger partial charge is 0.228 e. The summed E-state index contributed by atoms with van der Waals surface area (Å²) in [4.78, 5) is 14.5. The maximum Gasteiger partial charge on any atom is 0.228 e. The van der Waals surface area contributed by atoms with E-state index in [1.54, 1.807) is 0 Å². The summed E-state index contributed by atoms with van der Waals surface area (Å²) >= 11 is 3.58. The van der Waals surface area contributed by atoms with E-state index < -0.39 is 0 Å². The summed E-state index contributed by atoms with van der Waals surface area (Å²) < 4.78 is 1.07. The van der Waals surface area contributed by atoms with E-state index in [9.17, 15) is 4.79 Å². The van der Waals surface area contributed by atoms with Crippen molar-refractivity contribution in [2.45, 2.75) is 26.3 Å². The van der Waals surface area contributed by atoms with Crippen LogP contribution in [0.3, 0.4) is 0 Å². The molecular formula is C15H22BrClN2O. The maximum atomic E-state index is 12.5. The second-order valence-electron chi connectivity index (χ2n) is 5.08. The van der Waals surface area contributed by atoms with E-state index >= 15 is 0 Å². The Balaban J connectivity index is 0.00000200. The highest BCUT2D eigenvalue weighted by atomic mass is 79.9. The number of benzene rings is 1. The highest BCUT2D eigenvalue weighted by Gasteiger charge is 2.31. The number of carbonyl (C=O) groups excluding carboxylic acids is 1. The van der Waals surface area contributed by atoms with Crippen molar-refractivity contribution in [3.8, 4) is 0 Å². The lowest BCUT2D eigenvalue weighted by Gasteiger charge is -2.36. The Kier molecular flexibility index (Phi) is 7.00. The molecule has 1 aromatic rings. The monoisotopic (exact) mass is 360 g/mol. The molecule has 1 saturated heterocycles. The zero-order chi connectivity index (χ0) is 13.8. The molecule has 1 heterocycles. The summed E-state index contributed by atoms with van der Waals surface area (Å²) in [6, 6.07) is 8.26. The third-order valence-electron chi connectivity index (χ3n) is 3.70. The second-order valence-corrected chi connectivity index (χ2v) is 5.94. The number of hydrogen-bond acceptors (Lipinski definition) is 2. The number of amides is 1. The SMILES string of the molecule is CCCN(C(=O)C1CNC1)C(C)c1ccccc1Br.Cl. The molecule has 1 fully saturated rings. The first-order valence-electron chi connectivity index (χ1n) is 6.90. The van der Waals surface area contributed by atoms with E-state index in [-0.39, 0.29) is 30.3 Å². The molecule has 1 atom stereocenters. The maximum absolute atomic E-state index is 12.5. The van der Waals surface area contributed by atoms with Crippen LogP contribution < -0.4 is 5.32 Å². The van der Waals surface area contributed by atoms with Gasteiger partial charge in [-0.3, -0.25) is 4.79 Å². The number of hydrogen-bond donors (Lipinski definition) is 1. The summed E-state index contributed by atoms with van der Waals surface area (Å²) in [6.07, 6.45) is 0.987. The van der Waals surface area contributed by atoms with Gasteiger partial charge < -0.3 is 10.2 Å². The lowest BCUT2D eigenvalue weighted by Crippen LogP contribution is -2.52. The average molecular weight is 362 g/mol. The Morgan fingerprint density at radius 3 is 2.60 bits per heavy atom. The van der Waals surface area contributed by atoms with Gasteiger partial charge in [0.15, 0.2) is 0 Å². The van der Waals surface area contributed by atoms with Crippen LogP contribution in [-0.4, -0.2) is 30.4 Å². The second kappa shape index (κ2) is 8.01. The number of rotatable bonds is 5.